The van der Waals surface area contributed by atoms with Crippen LogP contribution in [0.25, 0.3) is 10.9 Å². The SMILES string of the molecule is CCc1ccc2[nH]c(=O)c([C@@H](c3nnnn3C(C)(C)C)N3CCCc4ccccc43)cc2c1. The summed E-state index contributed by atoms with van der Waals surface area (Å²) in [5.74, 6) is 0.677. The molecule has 2 aromatic carbocycles. The topological polar surface area (TPSA) is 79.7 Å². The molecule has 0 spiro atoms. The van der Waals surface area contributed by atoms with Crippen LogP contribution in [-0.4, -0.2) is 31.7 Å². The highest BCUT2D eigenvalue weighted by atomic mass is 16.1. The molecule has 3 heterocycles. The molecular formula is C26H30N6O. The van der Waals surface area contributed by atoms with Gasteiger partial charge in [-0.1, -0.05) is 31.2 Å². The van der Waals surface area contributed by atoms with Crippen molar-refractivity contribution in [3.8, 4) is 0 Å². The third-order valence-corrected chi connectivity index (χ3v) is 6.47. The fourth-order valence-electron chi connectivity index (χ4n) is 4.82. The van der Waals surface area contributed by atoms with Gasteiger partial charge in [-0.05, 0) is 91.2 Å². The van der Waals surface area contributed by atoms with Crippen molar-refractivity contribution < 1.29 is 0 Å². The van der Waals surface area contributed by atoms with E-state index in [1.165, 1.54) is 11.1 Å². The number of rotatable bonds is 4. The van der Waals surface area contributed by atoms with Gasteiger partial charge in [0.25, 0.3) is 5.56 Å². The van der Waals surface area contributed by atoms with Crippen molar-refractivity contribution in [3.63, 3.8) is 0 Å². The zero-order chi connectivity index (χ0) is 23.2. The fraction of sp³-hybridized carbons (Fsp3) is 0.385. The first-order valence-corrected chi connectivity index (χ1v) is 11.7. The zero-order valence-corrected chi connectivity index (χ0v) is 19.7. The maximum atomic E-state index is 13.5. The van der Waals surface area contributed by atoms with Crippen molar-refractivity contribution in [1.29, 1.82) is 0 Å². The number of nitrogens with zero attached hydrogens (tertiary/aromatic N) is 5. The number of benzene rings is 2. The quantitative estimate of drug-likeness (QED) is 0.508. The Bertz CT molecular complexity index is 1360. The summed E-state index contributed by atoms with van der Waals surface area (Å²) in [6.45, 7) is 9.19. The number of nitrogens with one attached hydrogen (secondary N) is 1. The molecule has 4 aromatic rings. The third kappa shape index (κ3) is 3.81. The van der Waals surface area contributed by atoms with Crippen LogP contribution in [0.1, 0.15) is 62.7 Å². The first-order valence-electron chi connectivity index (χ1n) is 11.7. The van der Waals surface area contributed by atoms with Gasteiger partial charge in [-0.3, -0.25) is 4.79 Å². The molecule has 1 aliphatic rings. The Morgan fingerprint density at radius 3 is 2.73 bits per heavy atom. The molecule has 0 radical (unpaired) electrons. The zero-order valence-electron chi connectivity index (χ0n) is 19.7. The molecule has 1 N–H and O–H groups in total. The van der Waals surface area contributed by atoms with Crippen molar-refractivity contribution in [3.05, 3.63) is 81.4 Å². The molecule has 170 valence electrons. The number of aromatic amines is 1. The van der Waals surface area contributed by atoms with E-state index in [2.05, 4.69) is 89.5 Å². The number of aryl methyl sites for hydroxylation is 2. The van der Waals surface area contributed by atoms with Crippen LogP contribution >= 0.6 is 0 Å². The summed E-state index contributed by atoms with van der Waals surface area (Å²) >= 11 is 0. The van der Waals surface area contributed by atoms with Crippen LogP contribution in [0.4, 0.5) is 5.69 Å². The third-order valence-electron chi connectivity index (χ3n) is 6.47. The minimum Gasteiger partial charge on any atom is -0.357 e. The van der Waals surface area contributed by atoms with Crippen molar-refractivity contribution in [2.24, 2.45) is 0 Å². The Hall–Kier alpha value is -3.48. The van der Waals surface area contributed by atoms with Crippen molar-refractivity contribution in [2.45, 2.75) is 58.5 Å². The van der Waals surface area contributed by atoms with Gasteiger partial charge in [0.1, 0.15) is 6.04 Å². The van der Waals surface area contributed by atoms with E-state index in [1.54, 1.807) is 0 Å². The van der Waals surface area contributed by atoms with E-state index < -0.39 is 6.04 Å². The van der Waals surface area contributed by atoms with Crippen molar-refractivity contribution >= 4 is 16.6 Å². The average molecular weight is 443 g/mol. The minimum absolute atomic E-state index is 0.108. The predicted molar refractivity (Wildman–Crippen MR) is 131 cm³/mol. The molecule has 0 fully saturated rings. The smallest absolute Gasteiger partial charge is 0.254 e. The van der Waals surface area contributed by atoms with Crippen LogP contribution in [0, 0.1) is 0 Å². The maximum absolute atomic E-state index is 13.5. The normalized spacial score (nSPS) is 15.0. The Balaban J connectivity index is 1.77. The summed E-state index contributed by atoms with van der Waals surface area (Å²) < 4.78 is 1.85. The Morgan fingerprint density at radius 2 is 1.94 bits per heavy atom. The Labute approximate surface area is 193 Å². The van der Waals surface area contributed by atoms with Gasteiger partial charge in [0, 0.05) is 23.3 Å². The molecule has 7 nitrogen and oxygen atoms in total. The molecule has 33 heavy (non-hydrogen) atoms. The molecule has 0 amide bonds. The van der Waals surface area contributed by atoms with Crippen LogP contribution in [-0.2, 0) is 18.4 Å². The first kappa shape index (κ1) is 21.4. The summed E-state index contributed by atoms with van der Waals surface area (Å²) in [6.07, 6.45) is 2.98. The molecule has 1 aliphatic heterocycles. The Kier molecular flexibility index (Phi) is 5.27. The lowest BCUT2D eigenvalue weighted by atomic mass is 9.95. The monoisotopic (exact) mass is 442 g/mol. The molecule has 0 bridgehead atoms. The lowest BCUT2D eigenvalue weighted by molar-refractivity contribution is 0.329. The minimum atomic E-state index is -0.404. The maximum Gasteiger partial charge on any atom is 0.254 e. The van der Waals surface area contributed by atoms with E-state index in [1.807, 2.05) is 16.8 Å². The molecule has 0 aliphatic carbocycles. The number of pyridine rings is 1. The van der Waals surface area contributed by atoms with E-state index in [4.69, 9.17) is 0 Å². The number of tetrazole rings is 1. The van der Waals surface area contributed by atoms with E-state index >= 15 is 0 Å². The van der Waals surface area contributed by atoms with E-state index in [9.17, 15) is 4.79 Å². The highest BCUT2D eigenvalue weighted by molar-refractivity contribution is 5.80. The number of aromatic nitrogens is 5. The second-order valence-corrected chi connectivity index (χ2v) is 9.78. The Morgan fingerprint density at radius 1 is 1.12 bits per heavy atom. The largest absolute Gasteiger partial charge is 0.357 e. The van der Waals surface area contributed by atoms with Crippen LogP contribution in [0.15, 0.2) is 53.3 Å². The van der Waals surface area contributed by atoms with Crippen LogP contribution < -0.4 is 10.5 Å². The molecule has 0 saturated carbocycles. The predicted octanol–water partition coefficient (Wildman–Crippen LogP) is 4.37. The van der Waals surface area contributed by atoms with Gasteiger partial charge in [-0.25, -0.2) is 4.68 Å². The molecule has 5 rings (SSSR count). The van der Waals surface area contributed by atoms with E-state index in [0.717, 1.165) is 42.4 Å². The standard InChI is InChI=1S/C26H30N6O/c1-5-17-12-13-21-19(15-17)16-20(25(33)27-21)23(24-28-29-30-32(24)26(2,3)4)31-14-8-10-18-9-6-7-11-22(18)31/h6-7,9,11-13,15-16,23H,5,8,10,14H2,1-4H3,(H,27,33)/t23-/m0/s1. The summed E-state index contributed by atoms with van der Waals surface area (Å²) in [7, 11) is 0. The molecule has 0 unspecified atom stereocenters. The van der Waals surface area contributed by atoms with Crippen LogP contribution in [0.3, 0.4) is 0 Å². The number of H-pyrrole nitrogens is 1. The van der Waals surface area contributed by atoms with Gasteiger partial charge in [-0.2, -0.15) is 0 Å². The van der Waals surface area contributed by atoms with Gasteiger partial charge >= 0.3 is 0 Å². The van der Waals surface area contributed by atoms with Gasteiger partial charge in [0.05, 0.1) is 5.54 Å². The summed E-state index contributed by atoms with van der Waals surface area (Å²) in [5, 5.41) is 13.8. The second kappa shape index (κ2) is 8.14. The van der Waals surface area contributed by atoms with Crippen molar-refractivity contribution in [1.82, 2.24) is 25.2 Å². The molecule has 7 heteroatoms. The summed E-state index contributed by atoms with van der Waals surface area (Å²) in [4.78, 5) is 18.9. The van der Waals surface area contributed by atoms with Crippen LogP contribution in [0.2, 0.25) is 0 Å². The number of fused-ring (bicyclic) bond motifs is 2. The van der Waals surface area contributed by atoms with Gasteiger partial charge in [-0.15, -0.1) is 5.10 Å². The van der Waals surface area contributed by atoms with Gasteiger partial charge in [0.2, 0.25) is 0 Å². The molecule has 1 atom stereocenters. The first-order chi connectivity index (χ1) is 15.9. The van der Waals surface area contributed by atoms with Crippen molar-refractivity contribution in [2.75, 3.05) is 11.4 Å². The van der Waals surface area contributed by atoms with E-state index in [-0.39, 0.29) is 11.1 Å². The summed E-state index contributed by atoms with van der Waals surface area (Å²) in [6, 6.07) is 16.3. The number of para-hydroxylation sites is 1. The van der Waals surface area contributed by atoms with Crippen LogP contribution in [0.5, 0.6) is 0 Å². The summed E-state index contributed by atoms with van der Waals surface area (Å²) in [5.41, 5.74) is 4.73. The molecule has 0 saturated heterocycles. The van der Waals surface area contributed by atoms with E-state index in [0.29, 0.717) is 11.4 Å². The highest BCUT2D eigenvalue weighted by Gasteiger charge is 2.35. The second-order valence-electron chi connectivity index (χ2n) is 9.78. The van der Waals surface area contributed by atoms with Gasteiger partial charge in [0.15, 0.2) is 5.82 Å². The lowest BCUT2D eigenvalue weighted by Crippen LogP contribution is -2.40. The number of hydrogen-bond acceptors (Lipinski definition) is 5. The highest BCUT2D eigenvalue weighted by Crippen LogP contribution is 2.37. The fourth-order valence-corrected chi connectivity index (χ4v) is 4.82. The molecular weight excluding hydrogens is 412 g/mol. The van der Waals surface area contributed by atoms with Gasteiger partial charge < -0.3 is 9.88 Å². The average Bonchev–Trinajstić information content (AvgIpc) is 3.30. The molecule has 2 aromatic heterocycles. The number of anilines is 1. The number of hydrogen-bond donors (Lipinski definition) is 1. The lowest BCUT2D eigenvalue weighted by Gasteiger charge is -2.38.